The van der Waals surface area contributed by atoms with Crippen molar-refractivity contribution in [3.63, 3.8) is 0 Å². The molecule has 0 saturated heterocycles. The first-order valence-corrected chi connectivity index (χ1v) is 6.48. The minimum absolute atomic E-state index is 0.0219. The summed E-state index contributed by atoms with van der Waals surface area (Å²) in [6.07, 6.45) is 6.61. The van der Waals surface area contributed by atoms with Crippen molar-refractivity contribution in [1.29, 1.82) is 0 Å². The van der Waals surface area contributed by atoms with Gasteiger partial charge in [0.2, 0.25) is 0 Å². The SMILES string of the molecule is CO[C@@H](C(=O)O)[C@@H]1C=CC(n2cnc3c(N)ncnc32)C1. The van der Waals surface area contributed by atoms with Crippen LogP contribution in [0, 0.1) is 5.92 Å². The molecule has 0 bridgehead atoms. The Bertz CT molecular complexity index is 711. The Balaban J connectivity index is 1.88. The van der Waals surface area contributed by atoms with Crippen LogP contribution < -0.4 is 5.73 Å². The first kappa shape index (κ1) is 13.5. The van der Waals surface area contributed by atoms with Crippen LogP contribution in [0.15, 0.2) is 24.8 Å². The zero-order valence-corrected chi connectivity index (χ0v) is 11.4. The second kappa shape index (κ2) is 5.13. The van der Waals surface area contributed by atoms with Crippen LogP contribution in [0.5, 0.6) is 0 Å². The molecular formula is C13H15N5O3. The highest BCUT2D eigenvalue weighted by Crippen LogP contribution is 2.33. The number of nitrogens with zero attached hydrogens (tertiary/aromatic N) is 4. The van der Waals surface area contributed by atoms with Crippen molar-refractivity contribution >= 4 is 23.0 Å². The normalized spacial score (nSPS) is 22.7. The number of carboxylic acids is 1. The predicted octanol–water partition coefficient (Wildman–Crippen LogP) is 0.625. The van der Waals surface area contributed by atoms with Crippen LogP contribution >= 0.6 is 0 Å². The van der Waals surface area contributed by atoms with Crippen molar-refractivity contribution < 1.29 is 14.6 Å². The molecule has 3 N–H and O–H groups in total. The van der Waals surface area contributed by atoms with E-state index in [9.17, 15) is 4.79 Å². The molecule has 0 amide bonds. The van der Waals surface area contributed by atoms with E-state index < -0.39 is 12.1 Å². The number of hydrogen-bond donors (Lipinski definition) is 2. The number of methoxy groups -OCH3 is 1. The first-order valence-electron chi connectivity index (χ1n) is 6.48. The summed E-state index contributed by atoms with van der Waals surface area (Å²) >= 11 is 0. The molecule has 0 spiro atoms. The van der Waals surface area contributed by atoms with Crippen LogP contribution in [0.1, 0.15) is 12.5 Å². The molecule has 8 heteroatoms. The van der Waals surface area contributed by atoms with E-state index in [0.29, 0.717) is 23.4 Å². The maximum atomic E-state index is 11.2. The number of rotatable bonds is 4. The Labute approximate surface area is 120 Å². The zero-order valence-electron chi connectivity index (χ0n) is 11.4. The fraction of sp³-hybridized carbons (Fsp3) is 0.385. The summed E-state index contributed by atoms with van der Waals surface area (Å²) in [5.41, 5.74) is 6.95. The van der Waals surface area contributed by atoms with Crippen molar-refractivity contribution in [3.8, 4) is 0 Å². The Morgan fingerprint density at radius 1 is 1.48 bits per heavy atom. The average Bonchev–Trinajstić information content (AvgIpc) is 3.06. The van der Waals surface area contributed by atoms with Gasteiger partial charge in [0.05, 0.1) is 12.4 Å². The lowest BCUT2D eigenvalue weighted by molar-refractivity contribution is -0.150. The molecule has 1 unspecified atom stereocenters. The summed E-state index contributed by atoms with van der Waals surface area (Å²) in [6, 6.07) is -0.0219. The number of carboxylic acid groups (broad SMARTS) is 1. The van der Waals surface area contributed by atoms with E-state index in [-0.39, 0.29) is 12.0 Å². The van der Waals surface area contributed by atoms with Crippen molar-refractivity contribution in [2.24, 2.45) is 5.92 Å². The summed E-state index contributed by atoms with van der Waals surface area (Å²) in [5, 5.41) is 9.14. The van der Waals surface area contributed by atoms with Crippen LogP contribution in [0.3, 0.4) is 0 Å². The van der Waals surface area contributed by atoms with Crippen LogP contribution in [0.25, 0.3) is 11.2 Å². The van der Waals surface area contributed by atoms with Gasteiger partial charge in [-0.1, -0.05) is 12.2 Å². The minimum atomic E-state index is -0.963. The van der Waals surface area contributed by atoms with Gasteiger partial charge in [-0.15, -0.1) is 0 Å². The lowest BCUT2D eigenvalue weighted by Crippen LogP contribution is -2.30. The second-order valence-electron chi connectivity index (χ2n) is 4.93. The van der Waals surface area contributed by atoms with Gasteiger partial charge in [0.15, 0.2) is 17.6 Å². The summed E-state index contributed by atoms with van der Waals surface area (Å²) < 4.78 is 6.92. The number of hydrogen-bond acceptors (Lipinski definition) is 6. The van der Waals surface area contributed by atoms with E-state index >= 15 is 0 Å². The van der Waals surface area contributed by atoms with Gasteiger partial charge in [0.1, 0.15) is 11.8 Å². The van der Waals surface area contributed by atoms with Gasteiger partial charge < -0.3 is 20.1 Å². The monoisotopic (exact) mass is 289 g/mol. The quantitative estimate of drug-likeness (QED) is 0.792. The largest absolute Gasteiger partial charge is 0.479 e. The van der Waals surface area contributed by atoms with E-state index in [4.69, 9.17) is 15.6 Å². The van der Waals surface area contributed by atoms with Crippen molar-refractivity contribution in [1.82, 2.24) is 19.5 Å². The Hall–Kier alpha value is -2.48. The fourth-order valence-electron chi connectivity index (χ4n) is 2.71. The molecule has 2 aromatic heterocycles. The van der Waals surface area contributed by atoms with Crippen molar-refractivity contribution in [3.05, 3.63) is 24.8 Å². The molecule has 0 aliphatic heterocycles. The Morgan fingerprint density at radius 2 is 2.29 bits per heavy atom. The number of nitrogen functional groups attached to an aromatic ring is 1. The number of carbonyl (C=O) groups is 1. The number of anilines is 1. The summed E-state index contributed by atoms with van der Waals surface area (Å²) in [7, 11) is 1.40. The molecule has 0 saturated carbocycles. The molecule has 8 nitrogen and oxygen atoms in total. The highest BCUT2D eigenvalue weighted by Gasteiger charge is 2.32. The van der Waals surface area contributed by atoms with Crippen molar-refractivity contribution in [2.75, 3.05) is 12.8 Å². The molecule has 3 atom stereocenters. The van der Waals surface area contributed by atoms with Gasteiger partial charge in [0.25, 0.3) is 0 Å². The van der Waals surface area contributed by atoms with E-state index in [2.05, 4.69) is 15.0 Å². The lowest BCUT2D eigenvalue weighted by atomic mass is 10.0. The first-order chi connectivity index (χ1) is 10.1. The van der Waals surface area contributed by atoms with Crippen molar-refractivity contribution in [2.45, 2.75) is 18.6 Å². The second-order valence-corrected chi connectivity index (χ2v) is 4.93. The summed E-state index contributed by atoms with van der Waals surface area (Å²) in [6.45, 7) is 0. The third-order valence-electron chi connectivity index (χ3n) is 3.72. The fourth-order valence-corrected chi connectivity index (χ4v) is 2.71. The molecule has 3 rings (SSSR count). The van der Waals surface area contributed by atoms with E-state index in [1.807, 2.05) is 16.7 Å². The summed E-state index contributed by atoms with van der Waals surface area (Å²) in [5.74, 6) is -0.818. The molecule has 2 aromatic rings. The van der Waals surface area contributed by atoms with Crippen LogP contribution in [0.2, 0.25) is 0 Å². The highest BCUT2D eigenvalue weighted by molar-refractivity contribution is 5.81. The Kier molecular flexibility index (Phi) is 3.30. The average molecular weight is 289 g/mol. The molecule has 1 aliphatic carbocycles. The van der Waals surface area contributed by atoms with Gasteiger partial charge in [0, 0.05) is 13.0 Å². The van der Waals surface area contributed by atoms with E-state index in [0.717, 1.165) is 0 Å². The third kappa shape index (κ3) is 2.23. The Morgan fingerprint density at radius 3 is 3.00 bits per heavy atom. The number of ether oxygens (including phenoxy) is 1. The molecule has 21 heavy (non-hydrogen) atoms. The van der Waals surface area contributed by atoms with E-state index in [1.54, 1.807) is 6.33 Å². The maximum Gasteiger partial charge on any atom is 0.333 e. The van der Waals surface area contributed by atoms with Crippen LogP contribution in [0.4, 0.5) is 5.82 Å². The number of imidazole rings is 1. The van der Waals surface area contributed by atoms with E-state index in [1.165, 1.54) is 13.4 Å². The maximum absolute atomic E-state index is 11.2. The highest BCUT2D eigenvalue weighted by atomic mass is 16.5. The number of fused-ring (bicyclic) bond motifs is 1. The smallest absolute Gasteiger partial charge is 0.333 e. The molecule has 0 fully saturated rings. The van der Waals surface area contributed by atoms with Gasteiger partial charge in [-0.05, 0) is 6.42 Å². The van der Waals surface area contributed by atoms with Gasteiger partial charge in [-0.25, -0.2) is 19.7 Å². The summed E-state index contributed by atoms with van der Waals surface area (Å²) in [4.78, 5) is 23.5. The van der Waals surface area contributed by atoms with Gasteiger partial charge in [-0.3, -0.25) is 0 Å². The number of aliphatic carboxylic acids is 1. The lowest BCUT2D eigenvalue weighted by Gasteiger charge is -2.18. The predicted molar refractivity (Wildman–Crippen MR) is 74.5 cm³/mol. The number of aromatic nitrogens is 4. The molecule has 2 heterocycles. The topological polar surface area (TPSA) is 116 Å². The van der Waals surface area contributed by atoms with Gasteiger partial charge >= 0.3 is 5.97 Å². The number of nitrogens with two attached hydrogens (primary N) is 1. The number of allylic oxidation sites excluding steroid dienone is 1. The molecule has 0 radical (unpaired) electrons. The third-order valence-corrected chi connectivity index (χ3v) is 3.72. The molecule has 1 aliphatic rings. The molecule has 110 valence electrons. The molecule has 0 aromatic carbocycles. The minimum Gasteiger partial charge on any atom is -0.479 e. The van der Waals surface area contributed by atoms with Crippen LogP contribution in [-0.4, -0.2) is 43.8 Å². The molecular weight excluding hydrogens is 274 g/mol. The zero-order chi connectivity index (χ0) is 15.0. The van der Waals surface area contributed by atoms with Gasteiger partial charge in [-0.2, -0.15) is 0 Å². The standard InChI is InChI=1S/C13H15N5O3/c1-21-10(13(19)20)7-2-3-8(4-7)18-6-17-9-11(14)15-5-16-12(9)18/h2-3,5-8,10H,4H2,1H3,(H,19,20)(H2,14,15,16)/t7-,8?,10-/m1/s1. The van der Waals surface area contributed by atoms with Crippen LogP contribution in [-0.2, 0) is 9.53 Å².